The zero-order chi connectivity index (χ0) is 14.8. The average molecular weight is 305 g/mol. The summed E-state index contributed by atoms with van der Waals surface area (Å²) in [7, 11) is 0. The quantitative estimate of drug-likeness (QED) is 0.786. The van der Waals surface area contributed by atoms with Gasteiger partial charge in [0.1, 0.15) is 5.02 Å². The van der Waals surface area contributed by atoms with Crippen molar-refractivity contribution in [2.45, 2.75) is 18.9 Å². The zero-order valence-corrected chi connectivity index (χ0v) is 11.8. The van der Waals surface area contributed by atoms with Crippen molar-refractivity contribution in [3.05, 3.63) is 41.0 Å². The number of carbonyl (C=O) groups is 1. The van der Waals surface area contributed by atoms with Crippen molar-refractivity contribution in [2.75, 3.05) is 10.6 Å². The minimum Gasteiger partial charge on any atom is -0.478 e. The highest BCUT2D eigenvalue weighted by molar-refractivity contribution is 6.32. The first kappa shape index (κ1) is 13.6. The average Bonchev–Trinajstić information content (AvgIpc) is 3.27. The highest BCUT2D eigenvalue weighted by Crippen LogP contribution is 2.28. The normalized spacial score (nSPS) is 13.8. The number of benzene rings is 1. The van der Waals surface area contributed by atoms with Crippen molar-refractivity contribution >= 4 is 35.0 Å². The van der Waals surface area contributed by atoms with Crippen LogP contribution in [0.3, 0.4) is 0 Å². The fourth-order valence-electron chi connectivity index (χ4n) is 1.77. The van der Waals surface area contributed by atoms with Crippen LogP contribution in [0.15, 0.2) is 30.5 Å². The maximum atomic E-state index is 10.8. The van der Waals surface area contributed by atoms with E-state index in [1.165, 1.54) is 18.3 Å². The molecule has 0 bridgehead atoms. The number of aromatic carboxylic acids is 1. The van der Waals surface area contributed by atoms with E-state index in [4.69, 9.17) is 16.7 Å². The number of hydrogen-bond acceptors (Lipinski definition) is 5. The van der Waals surface area contributed by atoms with Gasteiger partial charge in [-0.15, -0.1) is 0 Å². The summed E-state index contributed by atoms with van der Waals surface area (Å²) in [6.45, 7) is 0. The Kier molecular flexibility index (Phi) is 3.62. The molecule has 0 saturated heterocycles. The smallest absolute Gasteiger partial charge is 0.335 e. The second-order valence-electron chi connectivity index (χ2n) is 4.82. The van der Waals surface area contributed by atoms with Gasteiger partial charge in [-0.3, -0.25) is 0 Å². The minimum absolute atomic E-state index is 0.230. The number of hydrogen-bond donors (Lipinski definition) is 3. The molecule has 0 unspecified atom stereocenters. The number of nitrogens with one attached hydrogen (secondary N) is 2. The van der Waals surface area contributed by atoms with Gasteiger partial charge in [-0.05, 0) is 37.1 Å². The third-order valence-corrected chi connectivity index (χ3v) is 3.33. The molecule has 6 nitrogen and oxygen atoms in total. The fraction of sp³-hybridized carbons (Fsp3) is 0.214. The number of nitrogens with zero attached hydrogens (tertiary/aromatic N) is 2. The molecule has 1 aliphatic rings. The molecule has 0 spiro atoms. The van der Waals surface area contributed by atoms with Gasteiger partial charge in [0.15, 0.2) is 5.82 Å². The molecule has 1 aromatic heterocycles. The highest BCUT2D eigenvalue weighted by atomic mass is 35.5. The van der Waals surface area contributed by atoms with Crippen LogP contribution in [0.2, 0.25) is 5.02 Å². The number of anilines is 3. The van der Waals surface area contributed by atoms with E-state index in [0.717, 1.165) is 12.8 Å². The van der Waals surface area contributed by atoms with E-state index in [9.17, 15) is 4.79 Å². The standard InChI is InChI=1S/C14H13ClN4O2/c15-11-7-16-14(19-12(11)17-9-5-6-9)18-10-3-1-8(2-4-10)13(20)21/h1-4,7,9H,5-6H2,(H,20,21)(H2,16,17,18,19). The van der Waals surface area contributed by atoms with Crippen LogP contribution in [0.5, 0.6) is 0 Å². The van der Waals surface area contributed by atoms with Crippen LogP contribution in [-0.4, -0.2) is 27.1 Å². The van der Waals surface area contributed by atoms with Gasteiger partial charge in [0, 0.05) is 11.7 Å². The fourth-order valence-corrected chi connectivity index (χ4v) is 1.92. The molecule has 1 aromatic carbocycles. The molecule has 3 rings (SSSR count). The summed E-state index contributed by atoms with van der Waals surface area (Å²) in [4.78, 5) is 19.2. The molecular formula is C14H13ClN4O2. The molecule has 0 radical (unpaired) electrons. The molecule has 108 valence electrons. The number of carboxylic acids is 1. The van der Waals surface area contributed by atoms with E-state index in [0.29, 0.717) is 28.5 Å². The Morgan fingerprint density at radius 1 is 1.29 bits per heavy atom. The molecule has 7 heteroatoms. The lowest BCUT2D eigenvalue weighted by Gasteiger charge is -2.09. The Hall–Kier alpha value is -2.34. The first-order valence-corrected chi connectivity index (χ1v) is 6.89. The summed E-state index contributed by atoms with van der Waals surface area (Å²) >= 11 is 6.05. The Morgan fingerprint density at radius 2 is 2.00 bits per heavy atom. The van der Waals surface area contributed by atoms with Gasteiger partial charge in [0.25, 0.3) is 0 Å². The highest BCUT2D eigenvalue weighted by Gasteiger charge is 2.22. The molecule has 21 heavy (non-hydrogen) atoms. The molecular weight excluding hydrogens is 292 g/mol. The largest absolute Gasteiger partial charge is 0.478 e. The van der Waals surface area contributed by atoms with E-state index in [1.807, 2.05) is 0 Å². The molecule has 3 N–H and O–H groups in total. The van der Waals surface area contributed by atoms with Crippen LogP contribution in [0.25, 0.3) is 0 Å². The third-order valence-electron chi connectivity index (χ3n) is 3.05. The summed E-state index contributed by atoms with van der Waals surface area (Å²) in [6, 6.07) is 6.80. The Bertz CT molecular complexity index is 671. The monoisotopic (exact) mass is 304 g/mol. The summed E-state index contributed by atoms with van der Waals surface area (Å²) < 4.78 is 0. The lowest BCUT2D eigenvalue weighted by atomic mass is 10.2. The van der Waals surface area contributed by atoms with Gasteiger partial charge in [-0.1, -0.05) is 11.6 Å². The van der Waals surface area contributed by atoms with Crippen molar-refractivity contribution in [3.63, 3.8) is 0 Å². The molecule has 1 heterocycles. The Balaban J connectivity index is 1.75. The molecule has 0 aliphatic heterocycles. The first-order chi connectivity index (χ1) is 10.1. The number of carboxylic acid groups (broad SMARTS) is 1. The first-order valence-electron chi connectivity index (χ1n) is 6.51. The van der Waals surface area contributed by atoms with Crippen LogP contribution in [-0.2, 0) is 0 Å². The molecule has 2 aromatic rings. The van der Waals surface area contributed by atoms with Crippen molar-refractivity contribution < 1.29 is 9.90 Å². The third kappa shape index (κ3) is 3.41. The van der Waals surface area contributed by atoms with Crippen LogP contribution < -0.4 is 10.6 Å². The van der Waals surface area contributed by atoms with E-state index in [1.54, 1.807) is 12.1 Å². The molecule has 1 saturated carbocycles. The van der Waals surface area contributed by atoms with Crippen molar-refractivity contribution in [2.24, 2.45) is 0 Å². The van der Waals surface area contributed by atoms with Gasteiger partial charge in [0.05, 0.1) is 11.8 Å². The lowest BCUT2D eigenvalue weighted by molar-refractivity contribution is 0.0697. The second-order valence-corrected chi connectivity index (χ2v) is 5.22. The number of rotatable bonds is 5. The summed E-state index contributed by atoms with van der Waals surface area (Å²) in [6.07, 6.45) is 3.78. The van der Waals surface area contributed by atoms with Gasteiger partial charge >= 0.3 is 5.97 Å². The predicted molar refractivity (Wildman–Crippen MR) is 80.4 cm³/mol. The Labute approximate surface area is 126 Å². The van der Waals surface area contributed by atoms with Crippen LogP contribution in [0.1, 0.15) is 23.2 Å². The van der Waals surface area contributed by atoms with E-state index in [-0.39, 0.29) is 5.56 Å². The summed E-state index contributed by atoms with van der Waals surface area (Å²) in [5.74, 6) is 0.0599. The zero-order valence-electron chi connectivity index (χ0n) is 11.0. The summed E-state index contributed by atoms with van der Waals surface area (Å²) in [5, 5.41) is 15.6. The van der Waals surface area contributed by atoms with Crippen molar-refractivity contribution in [3.8, 4) is 0 Å². The lowest BCUT2D eigenvalue weighted by Crippen LogP contribution is -2.06. The maximum absolute atomic E-state index is 10.8. The number of halogens is 1. The van der Waals surface area contributed by atoms with Gasteiger partial charge in [-0.25, -0.2) is 9.78 Å². The van der Waals surface area contributed by atoms with Crippen LogP contribution >= 0.6 is 11.6 Å². The Morgan fingerprint density at radius 3 is 2.62 bits per heavy atom. The van der Waals surface area contributed by atoms with Gasteiger partial charge in [0.2, 0.25) is 5.95 Å². The minimum atomic E-state index is -0.958. The molecule has 1 aliphatic carbocycles. The molecule has 0 atom stereocenters. The maximum Gasteiger partial charge on any atom is 0.335 e. The van der Waals surface area contributed by atoms with Crippen molar-refractivity contribution in [1.29, 1.82) is 0 Å². The topological polar surface area (TPSA) is 87.1 Å². The van der Waals surface area contributed by atoms with Gasteiger partial charge < -0.3 is 15.7 Å². The molecule has 1 fully saturated rings. The van der Waals surface area contributed by atoms with E-state index < -0.39 is 5.97 Å². The van der Waals surface area contributed by atoms with Gasteiger partial charge in [-0.2, -0.15) is 4.98 Å². The SMILES string of the molecule is O=C(O)c1ccc(Nc2ncc(Cl)c(NC3CC3)n2)cc1. The van der Waals surface area contributed by atoms with Crippen LogP contribution in [0.4, 0.5) is 17.5 Å². The second kappa shape index (κ2) is 5.57. The van der Waals surface area contributed by atoms with E-state index in [2.05, 4.69) is 20.6 Å². The van der Waals surface area contributed by atoms with Crippen molar-refractivity contribution in [1.82, 2.24) is 9.97 Å². The number of aromatic nitrogens is 2. The van der Waals surface area contributed by atoms with Crippen LogP contribution in [0, 0.1) is 0 Å². The summed E-state index contributed by atoms with van der Waals surface area (Å²) in [5.41, 5.74) is 0.938. The predicted octanol–water partition coefficient (Wildman–Crippen LogP) is 3.15. The van der Waals surface area contributed by atoms with E-state index >= 15 is 0 Å². The molecule has 0 amide bonds.